The molecule has 1 N–H and O–H groups in total. The number of aromatic nitrogens is 1. The normalized spacial score (nSPS) is 25.9. The average Bonchev–Trinajstić information content (AvgIpc) is 2.69. The third kappa shape index (κ3) is 1.95. The number of benzene rings is 1. The van der Waals surface area contributed by atoms with Gasteiger partial charge in [-0.15, -0.1) is 0 Å². The Labute approximate surface area is 126 Å². The van der Waals surface area contributed by atoms with Crippen LogP contribution in [0.2, 0.25) is 0 Å². The molecule has 21 heavy (non-hydrogen) atoms. The van der Waals surface area contributed by atoms with Crippen LogP contribution >= 0.6 is 0 Å². The molecule has 0 radical (unpaired) electrons. The lowest BCUT2D eigenvalue weighted by Crippen LogP contribution is -2.35. The smallest absolute Gasteiger partial charge is 0.0846 e. The quantitative estimate of drug-likeness (QED) is 0.872. The van der Waals surface area contributed by atoms with Crippen molar-refractivity contribution in [2.24, 2.45) is 0 Å². The van der Waals surface area contributed by atoms with E-state index in [0.29, 0.717) is 6.04 Å². The summed E-state index contributed by atoms with van der Waals surface area (Å²) in [6.07, 6.45) is 3.41. The largest absolute Gasteiger partial charge is 0.390 e. The van der Waals surface area contributed by atoms with Crippen LogP contribution in [0.25, 0.3) is 10.9 Å². The second kappa shape index (κ2) is 4.85. The van der Waals surface area contributed by atoms with Crippen molar-refractivity contribution in [1.82, 2.24) is 9.47 Å². The zero-order chi connectivity index (χ0) is 14.6. The first kappa shape index (κ1) is 13.4. The highest BCUT2D eigenvalue weighted by Gasteiger charge is 2.34. The van der Waals surface area contributed by atoms with Gasteiger partial charge in [-0.1, -0.05) is 18.6 Å². The van der Waals surface area contributed by atoms with E-state index >= 15 is 0 Å². The monoisotopic (exact) mass is 284 g/mol. The van der Waals surface area contributed by atoms with Gasteiger partial charge in [0.2, 0.25) is 0 Å². The van der Waals surface area contributed by atoms with Crippen molar-refractivity contribution in [3.05, 3.63) is 35.0 Å². The molecule has 0 fully saturated rings. The Balaban J connectivity index is 2.01. The molecule has 0 saturated heterocycles. The standard InChI is InChI=1S/C18H24N2O/c1-3-19-10-13(21)11-20-16-8-7-12(2)9-15(16)14-5-4-6-17(19)18(14)20/h7-9,13,17,21H,3-6,10-11H2,1-2H3/t13-,17-/m1/s1. The molecule has 2 aromatic rings. The minimum atomic E-state index is -0.267. The predicted molar refractivity (Wildman–Crippen MR) is 85.6 cm³/mol. The van der Waals surface area contributed by atoms with Crippen molar-refractivity contribution >= 4 is 10.9 Å². The third-order valence-electron chi connectivity index (χ3n) is 5.27. The van der Waals surface area contributed by atoms with E-state index in [0.717, 1.165) is 19.6 Å². The van der Waals surface area contributed by atoms with Gasteiger partial charge in [-0.2, -0.15) is 0 Å². The van der Waals surface area contributed by atoms with E-state index in [1.165, 1.54) is 47.0 Å². The van der Waals surface area contributed by atoms with Crippen molar-refractivity contribution in [1.29, 1.82) is 0 Å². The Morgan fingerprint density at radius 1 is 1.29 bits per heavy atom. The zero-order valence-corrected chi connectivity index (χ0v) is 13.0. The lowest BCUT2D eigenvalue weighted by Gasteiger charge is -2.33. The molecule has 1 aromatic heterocycles. The molecule has 2 atom stereocenters. The lowest BCUT2D eigenvalue weighted by molar-refractivity contribution is 0.0901. The maximum Gasteiger partial charge on any atom is 0.0846 e. The summed E-state index contributed by atoms with van der Waals surface area (Å²) in [6, 6.07) is 7.26. The van der Waals surface area contributed by atoms with Crippen LogP contribution in [0, 0.1) is 6.92 Å². The van der Waals surface area contributed by atoms with E-state index in [9.17, 15) is 5.11 Å². The number of hydrogen-bond acceptors (Lipinski definition) is 2. The number of β-amino-alcohol motifs (C(OH)–C–C–N with tert-alkyl or cyclic N) is 1. The molecule has 0 unspecified atom stereocenters. The molecular formula is C18H24N2O. The fraction of sp³-hybridized carbons (Fsp3) is 0.556. The fourth-order valence-electron chi connectivity index (χ4n) is 4.38. The number of likely N-dealkylation sites (N-methyl/N-ethyl adjacent to an activating group) is 1. The average molecular weight is 284 g/mol. The number of aliphatic hydroxyl groups excluding tert-OH is 1. The topological polar surface area (TPSA) is 28.4 Å². The summed E-state index contributed by atoms with van der Waals surface area (Å²) in [6.45, 7) is 6.94. The SMILES string of the molecule is CCN1C[C@@H](O)Cn2c3c(c4cc(C)ccc42)CCC[C@H]31. The summed E-state index contributed by atoms with van der Waals surface area (Å²) in [5.41, 5.74) is 5.67. The van der Waals surface area contributed by atoms with Crippen LogP contribution in [0.3, 0.4) is 0 Å². The maximum atomic E-state index is 10.4. The molecule has 112 valence electrons. The van der Waals surface area contributed by atoms with E-state index < -0.39 is 0 Å². The maximum absolute atomic E-state index is 10.4. The molecule has 3 heteroatoms. The molecule has 2 aliphatic rings. The number of aliphatic hydroxyl groups is 1. The first-order chi connectivity index (χ1) is 10.2. The first-order valence-corrected chi connectivity index (χ1v) is 8.22. The number of hydrogen-bond donors (Lipinski definition) is 1. The van der Waals surface area contributed by atoms with Crippen LogP contribution < -0.4 is 0 Å². The van der Waals surface area contributed by atoms with Crippen molar-refractivity contribution in [3.63, 3.8) is 0 Å². The van der Waals surface area contributed by atoms with Gasteiger partial charge in [0.15, 0.2) is 0 Å². The van der Waals surface area contributed by atoms with Gasteiger partial charge in [-0.05, 0) is 50.4 Å². The van der Waals surface area contributed by atoms with Crippen LogP contribution in [-0.2, 0) is 13.0 Å². The fourth-order valence-corrected chi connectivity index (χ4v) is 4.38. The Hall–Kier alpha value is -1.32. The van der Waals surface area contributed by atoms with E-state index in [1.807, 2.05) is 0 Å². The predicted octanol–water partition coefficient (Wildman–Crippen LogP) is 3.02. The van der Waals surface area contributed by atoms with E-state index in [4.69, 9.17) is 0 Å². The second-order valence-electron chi connectivity index (χ2n) is 6.64. The van der Waals surface area contributed by atoms with Crippen molar-refractivity contribution in [2.75, 3.05) is 13.1 Å². The number of rotatable bonds is 1. The van der Waals surface area contributed by atoms with E-state index in [2.05, 4.69) is 41.5 Å². The Bertz CT molecular complexity index is 688. The van der Waals surface area contributed by atoms with Gasteiger partial charge in [0.25, 0.3) is 0 Å². The van der Waals surface area contributed by atoms with Gasteiger partial charge in [-0.25, -0.2) is 0 Å². The van der Waals surface area contributed by atoms with Crippen LogP contribution in [-0.4, -0.2) is 33.8 Å². The van der Waals surface area contributed by atoms with E-state index in [1.54, 1.807) is 0 Å². The van der Waals surface area contributed by atoms with E-state index in [-0.39, 0.29) is 6.10 Å². The molecule has 1 aromatic carbocycles. The van der Waals surface area contributed by atoms with Crippen LogP contribution in [0.4, 0.5) is 0 Å². The minimum Gasteiger partial charge on any atom is -0.390 e. The second-order valence-corrected chi connectivity index (χ2v) is 6.64. The highest BCUT2D eigenvalue weighted by molar-refractivity contribution is 5.87. The first-order valence-electron chi connectivity index (χ1n) is 8.22. The molecule has 0 amide bonds. The van der Waals surface area contributed by atoms with Gasteiger partial charge >= 0.3 is 0 Å². The molecule has 0 bridgehead atoms. The molecule has 4 rings (SSSR count). The summed E-state index contributed by atoms with van der Waals surface area (Å²) >= 11 is 0. The highest BCUT2D eigenvalue weighted by atomic mass is 16.3. The van der Waals surface area contributed by atoms with Gasteiger partial charge in [0, 0.05) is 23.1 Å². The van der Waals surface area contributed by atoms with Gasteiger partial charge in [0.05, 0.1) is 18.7 Å². The lowest BCUT2D eigenvalue weighted by atomic mass is 9.90. The van der Waals surface area contributed by atoms with Crippen molar-refractivity contribution < 1.29 is 5.11 Å². The number of fused-ring (bicyclic) bond motifs is 3. The molecule has 0 spiro atoms. The van der Waals surface area contributed by atoms with Crippen LogP contribution in [0.15, 0.2) is 18.2 Å². The minimum absolute atomic E-state index is 0.267. The molecule has 2 heterocycles. The Morgan fingerprint density at radius 2 is 2.14 bits per heavy atom. The summed E-state index contributed by atoms with van der Waals surface area (Å²) in [7, 11) is 0. The zero-order valence-electron chi connectivity index (χ0n) is 13.0. The molecule has 3 nitrogen and oxygen atoms in total. The number of nitrogens with zero attached hydrogens (tertiary/aromatic N) is 2. The Morgan fingerprint density at radius 3 is 2.95 bits per heavy atom. The van der Waals surface area contributed by atoms with Gasteiger partial charge < -0.3 is 9.67 Å². The van der Waals surface area contributed by atoms with Crippen molar-refractivity contribution in [2.45, 2.75) is 51.8 Å². The highest BCUT2D eigenvalue weighted by Crippen LogP contribution is 2.42. The summed E-state index contributed by atoms with van der Waals surface area (Å²) in [5.74, 6) is 0. The molecule has 1 aliphatic heterocycles. The third-order valence-corrected chi connectivity index (χ3v) is 5.27. The number of aryl methyl sites for hydroxylation is 2. The Kier molecular flexibility index (Phi) is 3.09. The molecule has 0 saturated carbocycles. The summed E-state index contributed by atoms with van der Waals surface area (Å²) in [4.78, 5) is 2.47. The van der Waals surface area contributed by atoms with Crippen molar-refractivity contribution in [3.8, 4) is 0 Å². The van der Waals surface area contributed by atoms with Gasteiger partial charge in [-0.3, -0.25) is 4.90 Å². The summed E-state index contributed by atoms with van der Waals surface area (Å²) in [5, 5.41) is 11.8. The van der Waals surface area contributed by atoms with Crippen LogP contribution in [0.1, 0.15) is 42.6 Å². The van der Waals surface area contributed by atoms with Gasteiger partial charge in [0.1, 0.15) is 0 Å². The van der Waals surface area contributed by atoms with Crippen LogP contribution in [0.5, 0.6) is 0 Å². The molecule has 1 aliphatic carbocycles. The summed E-state index contributed by atoms with van der Waals surface area (Å²) < 4.78 is 2.41. The molecular weight excluding hydrogens is 260 g/mol.